The number of hydrogen-bond acceptors (Lipinski definition) is 4. The lowest BCUT2D eigenvalue weighted by Gasteiger charge is -2.06. The number of aryl methyl sites for hydroxylation is 1. The van der Waals surface area contributed by atoms with Gasteiger partial charge in [0.2, 0.25) is 0 Å². The summed E-state index contributed by atoms with van der Waals surface area (Å²) in [4.78, 5) is 20.5. The van der Waals surface area contributed by atoms with E-state index in [1.807, 2.05) is 25.1 Å². The van der Waals surface area contributed by atoms with E-state index in [2.05, 4.69) is 15.3 Å². The molecule has 1 N–H and O–H groups in total. The Morgan fingerprint density at radius 1 is 1.19 bits per heavy atom. The number of thiazole rings is 1. The largest absolute Gasteiger partial charge is 0.321 e. The molecule has 0 spiro atoms. The summed E-state index contributed by atoms with van der Waals surface area (Å²) in [6.45, 7) is 1.94. The van der Waals surface area contributed by atoms with Gasteiger partial charge in [0.25, 0.3) is 5.91 Å². The lowest BCUT2D eigenvalue weighted by atomic mass is 10.2. The first kappa shape index (κ1) is 14.3. The summed E-state index contributed by atoms with van der Waals surface area (Å²) in [6.07, 6.45) is 0. The van der Waals surface area contributed by atoms with Gasteiger partial charge >= 0.3 is 0 Å². The molecule has 0 aliphatic heterocycles. The molecule has 3 rings (SSSR count). The van der Waals surface area contributed by atoms with Gasteiger partial charge in [0.15, 0.2) is 0 Å². The van der Waals surface area contributed by atoms with Crippen LogP contribution in [0.3, 0.4) is 0 Å². The van der Waals surface area contributed by atoms with Gasteiger partial charge in [-0.3, -0.25) is 4.79 Å². The maximum absolute atomic E-state index is 12.2. The van der Waals surface area contributed by atoms with E-state index in [1.54, 1.807) is 17.4 Å². The van der Waals surface area contributed by atoms with Crippen molar-refractivity contribution < 1.29 is 4.79 Å². The van der Waals surface area contributed by atoms with Crippen LogP contribution in [0.25, 0.3) is 10.2 Å². The molecule has 1 aromatic carbocycles. The predicted molar refractivity (Wildman–Crippen MR) is 86.6 cm³/mol. The highest BCUT2D eigenvalue weighted by molar-refractivity contribution is 7.18. The molecule has 21 heavy (non-hydrogen) atoms. The van der Waals surface area contributed by atoms with Gasteiger partial charge in [0, 0.05) is 5.69 Å². The zero-order chi connectivity index (χ0) is 15.0. The highest BCUT2D eigenvalue weighted by atomic mass is 35.5. The zero-order valence-corrected chi connectivity index (χ0v) is 13.2. The van der Waals surface area contributed by atoms with E-state index in [0.29, 0.717) is 5.69 Å². The Bertz CT molecular complexity index is 847. The molecule has 0 saturated carbocycles. The summed E-state index contributed by atoms with van der Waals surface area (Å²) in [5.41, 5.74) is 1.58. The van der Waals surface area contributed by atoms with Crippen molar-refractivity contribution in [2.75, 3.05) is 5.32 Å². The van der Waals surface area contributed by atoms with Crippen LogP contribution in [0.4, 0.5) is 5.69 Å². The van der Waals surface area contributed by atoms with Crippen LogP contribution in [-0.4, -0.2) is 15.9 Å². The second-order valence-corrected chi connectivity index (χ2v) is 6.36. The van der Waals surface area contributed by atoms with E-state index in [1.165, 1.54) is 6.07 Å². The first-order valence-electron chi connectivity index (χ1n) is 6.03. The summed E-state index contributed by atoms with van der Waals surface area (Å²) >= 11 is 13.4. The van der Waals surface area contributed by atoms with Gasteiger partial charge in [-0.05, 0) is 37.3 Å². The van der Waals surface area contributed by atoms with Crippen molar-refractivity contribution in [3.05, 3.63) is 51.2 Å². The van der Waals surface area contributed by atoms with Crippen molar-refractivity contribution in [2.24, 2.45) is 0 Å². The third-order valence-corrected chi connectivity index (χ3v) is 4.25. The number of nitrogens with zero attached hydrogens (tertiary/aromatic N) is 2. The summed E-state index contributed by atoms with van der Waals surface area (Å²) in [5.74, 6) is -0.409. The minimum atomic E-state index is -0.409. The molecule has 1 amide bonds. The van der Waals surface area contributed by atoms with E-state index in [0.717, 1.165) is 15.2 Å². The molecule has 0 unspecified atom stereocenters. The van der Waals surface area contributed by atoms with Crippen molar-refractivity contribution in [2.45, 2.75) is 6.92 Å². The first-order valence-corrected chi connectivity index (χ1v) is 7.61. The quantitative estimate of drug-likeness (QED) is 0.697. The molecule has 0 atom stereocenters. The molecule has 0 saturated heterocycles. The van der Waals surface area contributed by atoms with E-state index < -0.39 is 5.91 Å². The van der Waals surface area contributed by atoms with Crippen LogP contribution in [-0.2, 0) is 0 Å². The van der Waals surface area contributed by atoms with Crippen molar-refractivity contribution in [1.82, 2.24) is 9.97 Å². The van der Waals surface area contributed by atoms with Gasteiger partial charge in [-0.2, -0.15) is 0 Å². The number of amides is 1. The van der Waals surface area contributed by atoms with E-state index in [9.17, 15) is 4.79 Å². The molecular formula is C14H9Cl2N3OS. The monoisotopic (exact) mass is 337 g/mol. The number of nitrogens with one attached hydrogen (secondary N) is 1. The van der Waals surface area contributed by atoms with Gasteiger partial charge in [0.1, 0.15) is 10.8 Å². The highest BCUT2D eigenvalue weighted by Crippen LogP contribution is 2.25. The van der Waals surface area contributed by atoms with Gasteiger partial charge in [0.05, 0.1) is 20.2 Å². The molecule has 2 aromatic heterocycles. The SMILES string of the molecule is Cc1nc2cc(NC(=O)c3nc(Cl)ccc3Cl)ccc2s1. The van der Waals surface area contributed by atoms with E-state index in [-0.39, 0.29) is 15.9 Å². The average molecular weight is 338 g/mol. The summed E-state index contributed by atoms with van der Waals surface area (Å²) < 4.78 is 1.07. The van der Waals surface area contributed by atoms with Crippen LogP contribution in [0.15, 0.2) is 30.3 Å². The summed E-state index contributed by atoms with van der Waals surface area (Å²) in [5, 5.41) is 4.20. The van der Waals surface area contributed by atoms with E-state index >= 15 is 0 Å². The van der Waals surface area contributed by atoms with Crippen LogP contribution >= 0.6 is 34.5 Å². The Hall–Kier alpha value is -1.69. The molecule has 0 radical (unpaired) electrons. The number of rotatable bonds is 2. The highest BCUT2D eigenvalue weighted by Gasteiger charge is 2.13. The zero-order valence-electron chi connectivity index (χ0n) is 10.9. The number of fused-ring (bicyclic) bond motifs is 1. The second-order valence-electron chi connectivity index (χ2n) is 4.33. The summed E-state index contributed by atoms with van der Waals surface area (Å²) in [7, 11) is 0. The molecule has 106 valence electrons. The number of benzene rings is 1. The van der Waals surface area contributed by atoms with Gasteiger partial charge in [-0.15, -0.1) is 11.3 Å². The molecule has 0 fully saturated rings. The molecule has 0 aliphatic rings. The normalized spacial score (nSPS) is 10.8. The number of carbonyl (C=O) groups is 1. The molecular weight excluding hydrogens is 329 g/mol. The molecule has 3 aromatic rings. The molecule has 0 bridgehead atoms. The Balaban J connectivity index is 1.90. The van der Waals surface area contributed by atoms with Crippen LogP contribution in [0.2, 0.25) is 10.2 Å². The number of hydrogen-bond donors (Lipinski definition) is 1. The molecule has 7 heteroatoms. The van der Waals surface area contributed by atoms with Crippen molar-refractivity contribution >= 4 is 56.3 Å². The molecule has 4 nitrogen and oxygen atoms in total. The fourth-order valence-corrected chi connectivity index (χ4v) is 3.03. The second kappa shape index (κ2) is 5.60. The fourth-order valence-electron chi connectivity index (χ4n) is 1.89. The Morgan fingerprint density at radius 2 is 2.00 bits per heavy atom. The summed E-state index contributed by atoms with van der Waals surface area (Å²) in [6, 6.07) is 8.62. The lowest BCUT2D eigenvalue weighted by molar-refractivity contribution is 0.102. The van der Waals surface area contributed by atoms with Crippen LogP contribution in [0.1, 0.15) is 15.5 Å². The van der Waals surface area contributed by atoms with Gasteiger partial charge in [-0.25, -0.2) is 9.97 Å². The smallest absolute Gasteiger partial charge is 0.275 e. The number of halogens is 2. The maximum atomic E-state index is 12.2. The number of carbonyl (C=O) groups excluding carboxylic acids is 1. The van der Waals surface area contributed by atoms with Gasteiger partial charge in [-0.1, -0.05) is 23.2 Å². The number of anilines is 1. The van der Waals surface area contributed by atoms with Gasteiger partial charge < -0.3 is 5.32 Å². The van der Waals surface area contributed by atoms with E-state index in [4.69, 9.17) is 23.2 Å². The Kier molecular flexibility index (Phi) is 3.80. The van der Waals surface area contributed by atoms with Crippen molar-refractivity contribution in [1.29, 1.82) is 0 Å². The maximum Gasteiger partial charge on any atom is 0.275 e. The minimum Gasteiger partial charge on any atom is -0.321 e. The third-order valence-electron chi connectivity index (χ3n) is 2.78. The van der Waals surface area contributed by atoms with Crippen molar-refractivity contribution in [3.8, 4) is 0 Å². The van der Waals surface area contributed by atoms with Crippen molar-refractivity contribution in [3.63, 3.8) is 0 Å². The van der Waals surface area contributed by atoms with Crippen LogP contribution < -0.4 is 5.32 Å². The average Bonchev–Trinajstić information content (AvgIpc) is 2.80. The number of pyridine rings is 1. The van der Waals surface area contributed by atoms with Crippen LogP contribution in [0.5, 0.6) is 0 Å². The fraction of sp³-hybridized carbons (Fsp3) is 0.0714. The number of aromatic nitrogens is 2. The first-order chi connectivity index (χ1) is 10.0. The Morgan fingerprint density at radius 3 is 2.81 bits per heavy atom. The van der Waals surface area contributed by atoms with Crippen LogP contribution in [0, 0.1) is 6.92 Å². The Labute approximate surface area is 134 Å². The minimum absolute atomic E-state index is 0.0960. The topological polar surface area (TPSA) is 54.9 Å². The molecule has 2 heterocycles. The molecule has 0 aliphatic carbocycles. The lowest BCUT2D eigenvalue weighted by Crippen LogP contribution is -2.14. The standard InChI is InChI=1S/C14H9Cl2N3OS/c1-7-17-10-6-8(2-4-11(10)21-7)18-14(20)13-9(15)3-5-12(16)19-13/h2-6H,1H3,(H,18,20). The predicted octanol–water partition coefficient (Wildman–Crippen LogP) is 4.56. The third kappa shape index (κ3) is 3.00.